The highest BCUT2D eigenvalue weighted by Crippen LogP contribution is 2.26. The van der Waals surface area contributed by atoms with E-state index < -0.39 is 0 Å². The summed E-state index contributed by atoms with van der Waals surface area (Å²) in [6, 6.07) is 15.8. The average molecular weight is 374 g/mol. The molecule has 0 spiro atoms. The Kier molecular flexibility index (Phi) is 6.37. The van der Waals surface area contributed by atoms with Crippen molar-refractivity contribution in [1.29, 1.82) is 0 Å². The van der Waals surface area contributed by atoms with Crippen LogP contribution >= 0.6 is 0 Å². The lowest BCUT2D eigenvalue weighted by atomic mass is 10.0. The Labute approximate surface area is 166 Å². The van der Waals surface area contributed by atoms with Crippen molar-refractivity contribution in [2.75, 3.05) is 18.9 Å². The number of rotatable bonds is 7. The molecule has 0 atom stereocenters. The van der Waals surface area contributed by atoms with E-state index >= 15 is 0 Å². The fourth-order valence-electron chi connectivity index (χ4n) is 3.01. The highest BCUT2D eigenvalue weighted by molar-refractivity contribution is 5.92. The minimum Gasteiger partial charge on any atom is -0.354 e. The smallest absolute Gasteiger partial charge is 0.272 e. The number of para-hydroxylation sites is 1. The van der Waals surface area contributed by atoms with E-state index in [9.17, 15) is 4.79 Å². The standard InChI is InChI=1S/C23H26N4O/c1-17(2)20-6-4-5-7-21(20)26-19-8-9-22(25-16-19)23(28)27(3)15-12-18-10-13-24-14-11-18/h4-11,13-14,16-17,26H,12,15H2,1-3H3. The molecule has 1 N–H and O–H groups in total. The van der Waals surface area contributed by atoms with Crippen molar-refractivity contribution >= 4 is 17.3 Å². The zero-order valence-corrected chi connectivity index (χ0v) is 16.6. The lowest BCUT2D eigenvalue weighted by Gasteiger charge is -2.17. The highest BCUT2D eigenvalue weighted by atomic mass is 16.2. The van der Waals surface area contributed by atoms with Crippen molar-refractivity contribution in [1.82, 2.24) is 14.9 Å². The molecule has 1 aromatic carbocycles. The lowest BCUT2D eigenvalue weighted by molar-refractivity contribution is 0.0791. The summed E-state index contributed by atoms with van der Waals surface area (Å²) in [6.07, 6.45) is 6.03. The van der Waals surface area contributed by atoms with Gasteiger partial charge in [-0.15, -0.1) is 0 Å². The fraction of sp³-hybridized carbons (Fsp3) is 0.261. The van der Waals surface area contributed by atoms with Gasteiger partial charge >= 0.3 is 0 Å². The van der Waals surface area contributed by atoms with Crippen molar-refractivity contribution in [3.8, 4) is 0 Å². The van der Waals surface area contributed by atoms with Gasteiger partial charge in [-0.1, -0.05) is 32.0 Å². The van der Waals surface area contributed by atoms with Crippen LogP contribution in [0.25, 0.3) is 0 Å². The number of amides is 1. The topological polar surface area (TPSA) is 58.1 Å². The Morgan fingerprint density at radius 3 is 2.50 bits per heavy atom. The summed E-state index contributed by atoms with van der Waals surface area (Å²) in [5.74, 6) is 0.342. The Morgan fingerprint density at radius 1 is 1.07 bits per heavy atom. The number of hydrogen-bond acceptors (Lipinski definition) is 4. The van der Waals surface area contributed by atoms with Gasteiger partial charge in [0, 0.05) is 31.7 Å². The van der Waals surface area contributed by atoms with Gasteiger partial charge in [0.2, 0.25) is 0 Å². The summed E-state index contributed by atoms with van der Waals surface area (Å²) in [5.41, 5.74) is 4.78. The molecule has 144 valence electrons. The third kappa shape index (κ3) is 4.94. The first-order chi connectivity index (χ1) is 13.5. The molecular formula is C23H26N4O. The molecule has 5 nitrogen and oxygen atoms in total. The maximum Gasteiger partial charge on any atom is 0.272 e. The first-order valence-electron chi connectivity index (χ1n) is 9.51. The van der Waals surface area contributed by atoms with E-state index in [-0.39, 0.29) is 5.91 Å². The van der Waals surface area contributed by atoms with E-state index in [1.54, 1.807) is 36.6 Å². The summed E-state index contributed by atoms with van der Waals surface area (Å²) in [6.45, 7) is 4.97. The number of anilines is 2. The van der Waals surface area contributed by atoms with Crippen LogP contribution < -0.4 is 5.32 Å². The largest absolute Gasteiger partial charge is 0.354 e. The number of likely N-dealkylation sites (N-methyl/N-ethyl adjacent to an activating group) is 1. The molecule has 0 radical (unpaired) electrons. The molecule has 3 rings (SSSR count). The van der Waals surface area contributed by atoms with Gasteiger partial charge in [0.1, 0.15) is 5.69 Å². The van der Waals surface area contributed by atoms with Crippen LogP contribution in [0, 0.1) is 0 Å². The molecule has 1 amide bonds. The van der Waals surface area contributed by atoms with E-state index in [4.69, 9.17) is 0 Å². The summed E-state index contributed by atoms with van der Waals surface area (Å²) in [4.78, 5) is 22.7. The zero-order chi connectivity index (χ0) is 19.9. The number of hydrogen-bond donors (Lipinski definition) is 1. The molecule has 0 saturated heterocycles. The van der Waals surface area contributed by atoms with Crippen LogP contribution in [0.15, 0.2) is 67.1 Å². The van der Waals surface area contributed by atoms with Gasteiger partial charge in [-0.05, 0) is 53.8 Å². The molecule has 2 aromatic heterocycles. The first kappa shape index (κ1) is 19.5. The van der Waals surface area contributed by atoms with Crippen molar-refractivity contribution in [3.05, 3.63) is 83.9 Å². The van der Waals surface area contributed by atoms with Crippen LogP contribution in [-0.4, -0.2) is 34.4 Å². The van der Waals surface area contributed by atoms with E-state index in [0.29, 0.717) is 18.2 Å². The number of benzene rings is 1. The van der Waals surface area contributed by atoms with Gasteiger partial charge in [0.05, 0.1) is 11.9 Å². The number of pyridine rings is 2. The van der Waals surface area contributed by atoms with Gasteiger partial charge in [-0.2, -0.15) is 0 Å². The minimum absolute atomic E-state index is 0.0804. The second-order valence-electron chi connectivity index (χ2n) is 7.13. The average Bonchev–Trinajstić information content (AvgIpc) is 2.73. The molecule has 0 fully saturated rings. The van der Waals surface area contributed by atoms with Crippen LogP contribution in [0.2, 0.25) is 0 Å². The molecule has 0 aliphatic rings. The van der Waals surface area contributed by atoms with E-state index in [1.807, 2.05) is 30.3 Å². The number of carbonyl (C=O) groups is 1. The van der Waals surface area contributed by atoms with Gasteiger partial charge in [-0.3, -0.25) is 9.78 Å². The summed E-state index contributed by atoms with van der Waals surface area (Å²) < 4.78 is 0. The van der Waals surface area contributed by atoms with Crippen molar-refractivity contribution < 1.29 is 4.79 Å². The van der Waals surface area contributed by atoms with Crippen molar-refractivity contribution in [3.63, 3.8) is 0 Å². The maximum atomic E-state index is 12.6. The molecule has 0 aliphatic carbocycles. The maximum absolute atomic E-state index is 12.6. The third-order valence-electron chi connectivity index (χ3n) is 4.68. The molecule has 28 heavy (non-hydrogen) atoms. The Hall–Kier alpha value is -3.21. The predicted molar refractivity (Wildman–Crippen MR) is 113 cm³/mol. The van der Waals surface area contributed by atoms with Crippen LogP contribution in [-0.2, 0) is 6.42 Å². The van der Waals surface area contributed by atoms with Gasteiger partial charge in [0.25, 0.3) is 5.91 Å². The molecule has 2 heterocycles. The van der Waals surface area contributed by atoms with Crippen LogP contribution in [0.1, 0.15) is 41.4 Å². The molecule has 0 bridgehead atoms. The number of nitrogens with zero attached hydrogens (tertiary/aromatic N) is 3. The summed E-state index contributed by atoms with van der Waals surface area (Å²) >= 11 is 0. The lowest BCUT2D eigenvalue weighted by Crippen LogP contribution is -2.29. The van der Waals surface area contributed by atoms with Gasteiger partial charge in [-0.25, -0.2) is 4.98 Å². The Bertz CT molecular complexity index is 907. The van der Waals surface area contributed by atoms with Crippen LogP contribution in [0.4, 0.5) is 11.4 Å². The monoisotopic (exact) mass is 374 g/mol. The molecule has 0 unspecified atom stereocenters. The Balaban J connectivity index is 1.63. The quantitative estimate of drug-likeness (QED) is 0.653. The predicted octanol–water partition coefficient (Wildman–Crippen LogP) is 4.66. The molecule has 0 saturated carbocycles. The van der Waals surface area contributed by atoms with Crippen LogP contribution in [0.5, 0.6) is 0 Å². The van der Waals surface area contributed by atoms with Crippen molar-refractivity contribution in [2.24, 2.45) is 0 Å². The first-order valence-corrected chi connectivity index (χ1v) is 9.51. The zero-order valence-electron chi connectivity index (χ0n) is 16.6. The number of nitrogens with one attached hydrogen (secondary N) is 1. The van der Waals surface area contributed by atoms with Crippen molar-refractivity contribution in [2.45, 2.75) is 26.2 Å². The number of carbonyl (C=O) groups excluding carboxylic acids is 1. The third-order valence-corrected chi connectivity index (χ3v) is 4.68. The fourth-order valence-corrected chi connectivity index (χ4v) is 3.01. The molecule has 0 aliphatic heterocycles. The Morgan fingerprint density at radius 2 is 1.82 bits per heavy atom. The summed E-state index contributed by atoms with van der Waals surface area (Å²) in [5, 5.41) is 3.40. The second kappa shape index (κ2) is 9.13. The number of aromatic nitrogens is 2. The van der Waals surface area contributed by atoms with E-state index in [1.165, 1.54) is 5.56 Å². The molecule has 3 aromatic rings. The molecular weight excluding hydrogens is 348 g/mol. The van der Waals surface area contributed by atoms with Gasteiger partial charge in [0.15, 0.2) is 0 Å². The van der Waals surface area contributed by atoms with E-state index in [2.05, 4.69) is 41.3 Å². The molecule has 5 heteroatoms. The SMILES string of the molecule is CC(C)c1ccccc1Nc1ccc(C(=O)N(C)CCc2ccncc2)nc1. The highest BCUT2D eigenvalue weighted by Gasteiger charge is 2.13. The second-order valence-corrected chi connectivity index (χ2v) is 7.13. The van der Waals surface area contributed by atoms with Gasteiger partial charge < -0.3 is 10.2 Å². The van der Waals surface area contributed by atoms with Crippen LogP contribution in [0.3, 0.4) is 0 Å². The minimum atomic E-state index is -0.0804. The summed E-state index contributed by atoms with van der Waals surface area (Å²) in [7, 11) is 1.80. The normalized spacial score (nSPS) is 10.7. The van der Waals surface area contributed by atoms with E-state index in [0.717, 1.165) is 23.4 Å².